The molecule has 1 heterocycles. The van der Waals surface area contributed by atoms with E-state index in [-0.39, 0.29) is 16.3 Å². The summed E-state index contributed by atoms with van der Waals surface area (Å²) in [6.07, 6.45) is -0.277. The fourth-order valence-electron chi connectivity index (χ4n) is 1.21. The van der Waals surface area contributed by atoms with Crippen LogP contribution in [0.4, 0.5) is 5.82 Å². The molecule has 0 aliphatic carbocycles. The largest absolute Gasteiger partial charge is 0.592 e. The van der Waals surface area contributed by atoms with Crippen molar-refractivity contribution in [1.29, 1.82) is 0 Å². The quantitative estimate of drug-likeness (QED) is 0.227. The third-order valence-electron chi connectivity index (χ3n) is 2.00. The van der Waals surface area contributed by atoms with Gasteiger partial charge in [0.1, 0.15) is 14.2 Å². The molecule has 0 amide bonds. The van der Waals surface area contributed by atoms with Gasteiger partial charge in [-0.25, -0.2) is 0 Å². The Labute approximate surface area is 111 Å². The topological polar surface area (TPSA) is 156 Å². The van der Waals surface area contributed by atoms with Crippen LogP contribution >= 0.6 is 0 Å². The lowest BCUT2D eigenvalue weighted by molar-refractivity contribution is -0.798. The predicted octanol–water partition coefficient (Wildman–Crippen LogP) is 0.165. The summed E-state index contributed by atoms with van der Waals surface area (Å²) in [4.78, 5) is 18.1. The molecule has 0 aromatic carbocycles. The van der Waals surface area contributed by atoms with Crippen LogP contribution in [0.1, 0.15) is 0 Å². The standard InChI is InChI=1S/C7H11N7O6/c1-19-9-12(15)7(13(16)10-20-2)5-11-4-3-6(8-11)14(17)18/h3-4,7H,5H2,1-2H3. The van der Waals surface area contributed by atoms with Gasteiger partial charge in [-0.3, -0.25) is 0 Å². The molecule has 0 spiro atoms. The molecule has 0 bridgehead atoms. The Morgan fingerprint density at radius 2 is 1.85 bits per heavy atom. The van der Waals surface area contributed by atoms with Gasteiger partial charge < -0.3 is 30.2 Å². The monoisotopic (exact) mass is 289 g/mol. The summed E-state index contributed by atoms with van der Waals surface area (Å²) in [7, 11) is 2.23. The van der Waals surface area contributed by atoms with Crippen molar-refractivity contribution in [2.75, 3.05) is 14.2 Å². The zero-order valence-corrected chi connectivity index (χ0v) is 10.5. The van der Waals surface area contributed by atoms with Crippen LogP contribution in [-0.2, 0) is 16.2 Å². The molecule has 13 nitrogen and oxygen atoms in total. The summed E-state index contributed by atoms with van der Waals surface area (Å²) < 4.78 is 1.02. The van der Waals surface area contributed by atoms with Crippen molar-refractivity contribution in [2.24, 2.45) is 10.6 Å². The smallest absolute Gasteiger partial charge is 0.437 e. The minimum absolute atomic E-state index is 0.0664. The highest BCUT2D eigenvalue weighted by Gasteiger charge is 2.32. The molecule has 0 radical (unpaired) electrons. The Bertz CT molecular complexity index is 505. The Hall–Kier alpha value is -2.99. The molecular weight excluding hydrogens is 278 g/mol. The molecule has 1 aromatic heterocycles. The van der Waals surface area contributed by atoms with Crippen LogP contribution in [0.25, 0.3) is 0 Å². The van der Waals surface area contributed by atoms with E-state index in [2.05, 4.69) is 25.3 Å². The Morgan fingerprint density at radius 3 is 2.25 bits per heavy atom. The summed E-state index contributed by atoms with van der Waals surface area (Å²) in [6.45, 7) is -0.347. The van der Waals surface area contributed by atoms with Crippen molar-refractivity contribution in [1.82, 2.24) is 9.78 Å². The van der Waals surface area contributed by atoms with E-state index in [1.54, 1.807) is 0 Å². The molecule has 0 atom stereocenters. The van der Waals surface area contributed by atoms with E-state index in [1.165, 1.54) is 6.20 Å². The number of hydroxylamine groups is 2. The van der Waals surface area contributed by atoms with E-state index in [9.17, 15) is 20.5 Å². The molecule has 0 saturated heterocycles. The number of nitro groups is 1. The molecule has 1 aromatic rings. The normalized spacial score (nSPS) is 13.9. The van der Waals surface area contributed by atoms with Crippen LogP contribution in [0.5, 0.6) is 0 Å². The highest BCUT2D eigenvalue weighted by Crippen LogP contribution is 2.07. The van der Waals surface area contributed by atoms with Crippen molar-refractivity contribution < 1.29 is 24.3 Å². The number of rotatable bonds is 7. The second-order valence-electron chi connectivity index (χ2n) is 3.27. The zero-order chi connectivity index (χ0) is 15.1. The van der Waals surface area contributed by atoms with Gasteiger partial charge >= 0.3 is 12.0 Å². The average molecular weight is 289 g/mol. The highest BCUT2D eigenvalue weighted by atomic mass is 16.7. The maximum absolute atomic E-state index is 11.5. The van der Waals surface area contributed by atoms with Gasteiger partial charge in [0.25, 0.3) is 0 Å². The lowest BCUT2D eigenvalue weighted by Crippen LogP contribution is -2.35. The molecule has 0 aliphatic heterocycles. The van der Waals surface area contributed by atoms with Gasteiger partial charge in [0.2, 0.25) is 10.6 Å². The van der Waals surface area contributed by atoms with Crippen LogP contribution in [-0.4, -0.2) is 44.8 Å². The summed E-state index contributed by atoms with van der Waals surface area (Å²) in [5, 5.41) is 43.1. The van der Waals surface area contributed by atoms with Crippen LogP contribution < -0.4 is 0 Å². The highest BCUT2D eigenvalue weighted by molar-refractivity contribution is 5.13. The number of nitrogens with zero attached hydrogens (tertiary/aromatic N) is 7. The van der Waals surface area contributed by atoms with Crippen LogP contribution in [0.2, 0.25) is 0 Å². The maximum Gasteiger partial charge on any atom is 0.437 e. The average Bonchev–Trinajstić information content (AvgIpc) is 2.85. The first-order chi connectivity index (χ1) is 9.49. The van der Waals surface area contributed by atoms with Crippen molar-refractivity contribution >= 4 is 5.82 Å². The fraction of sp³-hybridized carbons (Fsp3) is 0.571. The Morgan fingerprint density at radius 1 is 1.30 bits per heavy atom. The first-order valence-corrected chi connectivity index (χ1v) is 5.08. The van der Waals surface area contributed by atoms with E-state index >= 15 is 0 Å². The number of hydrogen-bond acceptors (Lipinski definition) is 9. The summed E-state index contributed by atoms with van der Waals surface area (Å²) in [5.41, 5.74) is 0. The number of hydrogen-bond donors (Lipinski definition) is 0. The van der Waals surface area contributed by atoms with Gasteiger partial charge in [-0.15, -0.1) is 0 Å². The van der Waals surface area contributed by atoms with Gasteiger partial charge in [-0.1, -0.05) is 0 Å². The maximum atomic E-state index is 11.5. The third kappa shape index (κ3) is 3.76. The molecule has 0 aliphatic rings. The minimum Gasteiger partial charge on any atom is -0.592 e. The first-order valence-electron chi connectivity index (χ1n) is 5.08. The molecule has 0 fully saturated rings. The van der Waals surface area contributed by atoms with Gasteiger partial charge in [0.05, 0.1) is 17.4 Å². The van der Waals surface area contributed by atoms with E-state index in [0.717, 1.165) is 25.0 Å². The van der Waals surface area contributed by atoms with Crippen molar-refractivity contribution in [3.05, 3.63) is 32.8 Å². The lowest BCUT2D eigenvalue weighted by atomic mass is 10.5. The molecule has 0 saturated carbocycles. The number of aromatic nitrogens is 2. The zero-order valence-electron chi connectivity index (χ0n) is 10.5. The predicted molar refractivity (Wildman–Crippen MR) is 58.8 cm³/mol. The van der Waals surface area contributed by atoms with Crippen LogP contribution in [0.3, 0.4) is 0 Å². The van der Waals surface area contributed by atoms with E-state index < -0.39 is 16.9 Å². The Balaban J connectivity index is 2.96. The van der Waals surface area contributed by atoms with Gasteiger partial charge in [-0.2, -0.15) is 4.68 Å². The molecular formula is C7H11N7O6. The van der Waals surface area contributed by atoms with E-state index in [1.807, 2.05) is 0 Å². The Kier molecular flexibility index (Phi) is 5.13. The summed E-state index contributed by atoms with van der Waals surface area (Å²) >= 11 is 0. The molecule has 0 unspecified atom stereocenters. The van der Waals surface area contributed by atoms with Gasteiger partial charge in [-0.05, 0) is 4.92 Å². The van der Waals surface area contributed by atoms with Crippen molar-refractivity contribution in [3.63, 3.8) is 0 Å². The molecule has 0 N–H and O–H groups in total. The molecule has 20 heavy (non-hydrogen) atoms. The van der Waals surface area contributed by atoms with Gasteiger partial charge in [0.15, 0.2) is 6.54 Å². The summed E-state index contributed by atoms with van der Waals surface area (Å²) in [5.74, 6) is -0.425. The van der Waals surface area contributed by atoms with E-state index in [0.29, 0.717) is 0 Å². The molecule has 1 rings (SSSR count). The lowest BCUT2D eigenvalue weighted by Gasteiger charge is -2.08. The molecule has 13 heteroatoms. The second kappa shape index (κ2) is 6.81. The first kappa shape index (κ1) is 15.1. The van der Waals surface area contributed by atoms with Gasteiger partial charge in [0, 0.05) is 9.72 Å². The third-order valence-corrected chi connectivity index (χ3v) is 2.00. The summed E-state index contributed by atoms with van der Waals surface area (Å²) in [6, 6.07) is 1.11. The van der Waals surface area contributed by atoms with Crippen LogP contribution in [0, 0.1) is 20.5 Å². The van der Waals surface area contributed by atoms with E-state index in [4.69, 9.17) is 0 Å². The van der Waals surface area contributed by atoms with Crippen molar-refractivity contribution in [3.8, 4) is 0 Å². The SMILES string of the molecule is CON=[N+]([O-])C(Cn1ccc([N+](=O)[O-])n1)[N+]([O-])=NOC. The second-order valence-corrected chi connectivity index (χ2v) is 3.27. The van der Waals surface area contributed by atoms with Crippen molar-refractivity contribution in [2.45, 2.75) is 12.7 Å². The molecule has 110 valence electrons. The fourth-order valence-corrected chi connectivity index (χ4v) is 1.21. The minimum atomic E-state index is -1.51. The van der Waals surface area contributed by atoms with Crippen LogP contribution in [0.15, 0.2) is 22.8 Å².